The van der Waals surface area contributed by atoms with Crippen LogP contribution >= 0.6 is 46.4 Å². The highest BCUT2D eigenvalue weighted by Crippen LogP contribution is 2.37. The quantitative estimate of drug-likeness (QED) is 0.173. The van der Waals surface area contributed by atoms with Gasteiger partial charge in [-0.05, 0) is 53.0 Å². The topological polar surface area (TPSA) is 49.0 Å². The number of halogens is 4. The highest BCUT2D eigenvalue weighted by molar-refractivity contribution is 6.55. The molecule has 1 N–H and O–H groups in total. The maximum Gasteiger partial charge on any atom is 0.156 e. The fraction of sp³-hybridized carbons (Fsp3) is 0.524. The zero-order chi connectivity index (χ0) is 22.6. The van der Waals surface area contributed by atoms with E-state index in [0.29, 0.717) is 34.8 Å². The van der Waals surface area contributed by atoms with E-state index >= 15 is 0 Å². The Balaban J connectivity index is 2.26. The molecule has 0 aliphatic heterocycles. The largest absolute Gasteiger partial charge is 0.499 e. The molecular formula is C21H29Cl4NO4. The van der Waals surface area contributed by atoms with Crippen LogP contribution in [0.4, 0.5) is 0 Å². The van der Waals surface area contributed by atoms with Gasteiger partial charge < -0.3 is 14.2 Å². The van der Waals surface area contributed by atoms with Crippen molar-refractivity contribution >= 4 is 46.4 Å². The summed E-state index contributed by atoms with van der Waals surface area (Å²) in [5.74, 6) is 0.947. The number of benzene rings is 1. The van der Waals surface area contributed by atoms with Crippen LogP contribution in [-0.4, -0.2) is 25.4 Å². The van der Waals surface area contributed by atoms with Crippen LogP contribution in [0.2, 0.25) is 10.0 Å². The van der Waals surface area contributed by atoms with Crippen LogP contribution in [0.3, 0.4) is 0 Å². The molecule has 170 valence electrons. The SMILES string of the molecule is CC(=COCCCCCOc1c(Cl)cc(OCC=C(Cl)Cl)cc1Cl)NOC(C)(C)C. The Hall–Kier alpha value is -0.980. The second-order valence-corrected chi connectivity index (χ2v) is 9.24. The molecule has 0 spiro atoms. The third-order valence-corrected chi connectivity index (χ3v) is 4.26. The minimum Gasteiger partial charge on any atom is -0.499 e. The first kappa shape index (κ1) is 27.1. The van der Waals surface area contributed by atoms with E-state index in [2.05, 4.69) is 5.48 Å². The van der Waals surface area contributed by atoms with Gasteiger partial charge in [0.2, 0.25) is 0 Å². The molecule has 0 aliphatic rings. The van der Waals surface area contributed by atoms with Crippen LogP contribution in [0.5, 0.6) is 11.5 Å². The molecule has 1 rings (SSSR count). The Morgan fingerprint density at radius 2 is 1.63 bits per heavy atom. The third kappa shape index (κ3) is 12.7. The summed E-state index contributed by atoms with van der Waals surface area (Å²) in [6.07, 6.45) is 5.87. The molecule has 0 radical (unpaired) electrons. The number of hydroxylamine groups is 1. The summed E-state index contributed by atoms with van der Waals surface area (Å²) >= 11 is 23.6. The minimum absolute atomic E-state index is 0.134. The van der Waals surface area contributed by atoms with E-state index in [9.17, 15) is 0 Å². The van der Waals surface area contributed by atoms with Gasteiger partial charge in [-0.15, -0.1) is 0 Å². The van der Waals surface area contributed by atoms with E-state index in [1.165, 1.54) is 6.08 Å². The molecule has 0 fully saturated rings. The van der Waals surface area contributed by atoms with E-state index in [4.69, 9.17) is 65.5 Å². The van der Waals surface area contributed by atoms with Gasteiger partial charge in [0.25, 0.3) is 0 Å². The second-order valence-electron chi connectivity index (χ2n) is 7.42. The molecular weight excluding hydrogens is 472 g/mol. The maximum absolute atomic E-state index is 6.24. The Morgan fingerprint density at radius 3 is 2.23 bits per heavy atom. The van der Waals surface area contributed by atoms with Gasteiger partial charge in [0.05, 0.1) is 34.6 Å². The van der Waals surface area contributed by atoms with Gasteiger partial charge >= 0.3 is 0 Å². The van der Waals surface area contributed by atoms with Gasteiger partial charge in [0.1, 0.15) is 23.1 Å². The summed E-state index contributed by atoms with van der Waals surface area (Å²) in [5.41, 5.74) is 3.40. The summed E-state index contributed by atoms with van der Waals surface area (Å²) < 4.78 is 16.8. The highest BCUT2D eigenvalue weighted by atomic mass is 35.5. The number of hydrogen-bond donors (Lipinski definition) is 1. The van der Waals surface area contributed by atoms with E-state index in [-0.39, 0.29) is 16.7 Å². The van der Waals surface area contributed by atoms with Crippen LogP contribution in [0, 0.1) is 0 Å². The molecule has 0 atom stereocenters. The van der Waals surface area contributed by atoms with Crippen molar-refractivity contribution in [3.63, 3.8) is 0 Å². The van der Waals surface area contributed by atoms with E-state index in [1.807, 2.05) is 27.7 Å². The molecule has 0 saturated heterocycles. The van der Waals surface area contributed by atoms with Crippen molar-refractivity contribution in [3.05, 3.63) is 44.7 Å². The number of unbranched alkanes of at least 4 members (excludes halogenated alkanes) is 2. The first-order chi connectivity index (χ1) is 14.1. The lowest BCUT2D eigenvalue weighted by Gasteiger charge is -2.19. The smallest absolute Gasteiger partial charge is 0.156 e. The number of allylic oxidation sites excluding steroid dienone is 1. The molecule has 0 bridgehead atoms. The Bertz CT molecular complexity index is 690. The highest BCUT2D eigenvalue weighted by Gasteiger charge is 2.11. The Morgan fingerprint density at radius 1 is 1.00 bits per heavy atom. The molecule has 1 aromatic rings. The van der Waals surface area contributed by atoms with Gasteiger partial charge in [-0.3, -0.25) is 10.3 Å². The lowest BCUT2D eigenvalue weighted by molar-refractivity contribution is -0.0589. The maximum atomic E-state index is 6.24. The van der Waals surface area contributed by atoms with Crippen LogP contribution in [0.1, 0.15) is 47.0 Å². The summed E-state index contributed by atoms with van der Waals surface area (Å²) in [6.45, 7) is 9.11. The van der Waals surface area contributed by atoms with Crippen molar-refractivity contribution in [3.8, 4) is 11.5 Å². The minimum atomic E-state index is -0.260. The number of ether oxygens (including phenoxy) is 3. The first-order valence-electron chi connectivity index (χ1n) is 9.56. The lowest BCUT2D eigenvalue weighted by atomic mass is 10.2. The number of nitrogens with one attached hydrogen (secondary N) is 1. The van der Waals surface area contributed by atoms with Crippen molar-refractivity contribution in [1.82, 2.24) is 5.48 Å². The lowest BCUT2D eigenvalue weighted by Crippen LogP contribution is -2.28. The molecule has 0 aliphatic carbocycles. The van der Waals surface area contributed by atoms with E-state index < -0.39 is 0 Å². The number of rotatable bonds is 13. The predicted molar refractivity (Wildman–Crippen MR) is 125 cm³/mol. The molecule has 1 aromatic carbocycles. The zero-order valence-corrected chi connectivity index (χ0v) is 20.7. The molecule has 0 amide bonds. The van der Waals surface area contributed by atoms with Crippen molar-refractivity contribution in [2.45, 2.75) is 52.6 Å². The van der Waals surface area contributed by atoms with Crippen LogP contribution in [-0.2, 0) is 9.57 Å². The van der Waals surface area contributed by atoms with Crippen molar-refractivity contribution in [1.29, 1.82) is 0 Å². The van der Waals surface area contributed by atoms with Crippen molar-refractivity contribution in [2.24, 2.45) is 0 Å². The molecule has 9 heteroatoms. The first-order valence-corrected chi connectivity index (χ1v) is 11.1. The average molecular weight is 501 g/mol. The summed E-state index contributed by atoms with van der Waals surface area (Å²) in [6, 6.07) is 3.28. The van der Waals surface area contributed by atoms with Gasteiger partial charge in [0.15, 0.2) is 5.75 Å². The fourth-order valence-electron chi connectivity index (χ4n) is 2.04. The zero-order valence-electron chi connectivity index (χ0n) is 17.7. The van der Waals surface area contributed by atoms with E-state index in [1.54, 1.807) is 18.4 Å². The molecule has 0 saturated carbocycles. The van der Waals surface area contributed by atoms with Gasteiger partial charge in [-0.2, -0.15) is 0 Å². The van der Waals surface area contributed by atoms with Gasteiger partial charge in [0, 0.05) is 12.1 Å². The normalized spacial score (nSPS) is 11.8. The fourth-order valence-corrected chi connectivity index (χ4v) is 2.74. The summed E-state index contributed by atoms with van der Waals surface area (Å²) in [5, 5.41) is 0.764. The molecule has 0 unspecified atom stereocenters. The molecule has 0 heterocycles. The average Bonchev–Trinajstić information content (AvgIpc) is 2.63. The predicted octanol–water partition coefficient (Wildman–Crippen LogP) is 7.44. The van der Waals surface area contributed by atoms with Crippen LogP contribution in [0.25, 0.3) is 0 Å². The van der Waals surface area contributed by atoms with Crippen LogP contribution in [0.15, 0.2) is 34.7 Å². The summed E-state index contributed by atoms with van der Waals surface area (Å²) in [7, 11) is 0. The standard InChI is InChI=1S/C21H29Cl4NO4/c1-15(26-30-21(2,3)4)14-27-9-6-5-7-10-29-20-17(22)12-16(13-18(20)23)28-11-8-19(24)25/h8,12-14,26H,5-7,9-11H2,1-4H3. The Kier molecular flexibility index (Phi) is 12.8. The monoisotopic (exact) mass is 499 g/mol. The van der Waals surface area contributed by atoms with Gasteiger partial charge in [-0.25, -0.2) is 0 Å². The van der Waals surface area contributed by atoms with Crippen molar-refractivity contribution in [2.75, 3.05) is 19.8 Å². The molecule has 30 heavy (non-hydrogen) atoms. The second kappa shape index (κ2) is 14.2. The van der Waals surface area contributed by atoms with Crippen LogP contribution < -0.4 is 15.0 Å². The molecule has 5 nitrogen and oxygen atoms in total. The van der Waals surface area contributed by atoms with Crippen molar-refractivity contribution < 1.29 is 19.0 Å². The van der Waals surface area contributed by atoms with Gasteiger partial charge in [-0.1, -0.05) is 46.4 Å². The Labute approximate surface area is 199 Å². The summed E-state index contributed by atoms with van der Waals surface area (Å²) in [4.78, 5) is 5.44. The molecule has 0 aromatic heterocycles. The van der Waals surface area contributed by atoms with E-state index in [0.717, 1.165) is 25.0 Å². The third-order valence-electron chi connectivity index (χ3n) is 3.39. The number of hydrogen-bond acceptors (Lipinski definition) is 5.